The zero-order valence-electron chi connectivity index (χ0n) is 12.8. The van der Waals surface area contributed by atoms with E-state index < -0.39 is 10.9 Å². The smallest absolute Gasteiger partial charge is 0.357 e. The van der Waals surface area contributed by atoms with Gasteiger partial charge in [0.25, 0.3) is 5.69 Å². The second-order valence-corrected chi connectivity index (χ2v) is 4.94. The largest absolute Gasteiger partial charge is 0.461 e. The summed E-state index contributed by atoms with van der Waals surface area (Å²) in [6.45, 7) is 1.96. The van der Waals surface area contributed by atoms with Gasteiger partial charge in [-0.1, -0.05) is 18.2 Å². The normalized spacial score (nSPS) is 10.5. The van der Waals surface area contributed by atoms with E-state index in [1.807, 2.05) is 6.07 Å². The van der Waals surface area contributed by atoms with Crippen LogP contribution in [0.1, 0.15) is 17.4 Å². The molecule has 0 spiro atoms. The number of non-ortho nitro benzene ring substituents is 1. The summed E-state index contributed by atoms with van der Waals surface area (Å²) in [6, 6.07) is 13.0. The number of para-hydroxylation sites is 1. The van der Waals surface area contributed by atoms with Gasteiger partial charge in [-0.3, -0.25) is 10.1 Å². The van der Waals surface area contributed by atoms with E-state index in [4.69, 9.17) is 4.74 Å². The summed E-state index contributed by atoms with van der Waals surface area (Å²) in [6.07, 6.45) is 0. The van der Waals surface area contributed by atoms with Gasteiger partial charge < -0.3 is 4.74 Å². The van der Waals surface area contributed by atoms with Crippen molar-refractivity contribution in [2.75, 3.05) is 6.61 Å². The average molecular weight is 323 g/mol. The lowest BCUT2D eigenvalue weighted by Crippen LogP contribution is -2.09. The minimum absolute atomic E-state index is 0.0230. The number of nitrogens with zero attached hydrogens (tertiary/aromatic N) is 3. The first-order valence-electron chi connectivity index (χ1n) is 7.29. The number of aromatic nitrogens is 2. The lowest BCUT2D eigenvalue weighted by atomic mass is 10.1. The Morgan fingerprint density at radius 2 is 1.83 bits per heavy atom. The highest BCUT2D eigenvalue weighted by atomic mass is 16.6. The molecule has 0 fully saturated rings. The summed E-state index contributed by atoms with van der Waals surface area (Å²) in [4.78, 5) is 31.2. The number of carbonyl (C=O) groups excluding carboxylic acids is 1. The fourth-order valence-electron chi connectivity index (χ4n) is 2.29. The molecular formula is C17H13N3O4. The van der Waals surface area contributed by atoms with Crippen LogP contribution in [-0.4, -0.2) is 27.5 Å². The Bertz CT molecular complexity index is 923. The number of hydrogen-bond donors (Lipinski definition) is 0. The van der Waals surface area contributed by atoms with Crippen LogP contribution in [-0.2, 0) is 4.74 Å². The van der Waals surface area contributed by atoms with Gasteiger partial charge in [0.15, 0.2) is 11.5 Å². The van der Waals surface area contributed by atoms with Crippen LogP contribution in [0, 0.1) is 10.1 Å². The molecular weight excluding hydrogens is 310 g/mol. The highest BCUT2D eigenvalue weighted by Gasteiger charge is 2.17. The molecule has 0 aliphatic carbocycles. The van der Waals surface area contributed by atoms with Crippen LogP contribution < -0.4 is 0 Å². The van der Waals surface area contributed by atoms with E-state index in [1.165, 1.54) is 12.1 Å². The first-order valence-corrected chi connectivity index (χ1v) is 7.29. The van der Waals surface area contributed by atoms with E-state index in [-0.39, 0.29) is 18.0 Å². The zero-order chi connectivity index (χ0) is 17.1. The number of esters is 1. The second-order valence-electron chi connectivity index (χ2n) is 4.94. The van der Waals surface area contributed by atoms with Crippen LogP contribution in [0.3, 0.4) is 0 Å². The van der Waals surface area contributed by atoms with E-state index in [2.05, 4.69) is 9.97 Å². The van der Waals surface area contributed by atoms with Crippen molar-refractivity contribution in [3.8, 4) is 11.4 Å². The molecule has 7 heteroatoms. The van der Waals surface area contributed by atoms with Crippen molar-refractivity contribution < 1.29 is 14.5 Å². The molecule has 1 heterocycles. The average Bonchev–Trinajstić information content (AvgIpc) is 2.61. The summed E-state index contributed by atoms with van der Waals surface area (Å²) in [5.74, 6) is -0.217. The predicted molar refractivity (Wildman–Crippen MR) is 87.6 cm³/mol. The summed E-state index contributed by atoms with van der Waals surface area (Å²) >= 11 is 0. The van der Waals surface area contributed by atoms with Gasteiger partial charge in [0.2, 0.25) is 0 Å². The molecule has 24 heavy (non-hydrogen) atoms. The van der Waals surface area contributed by atoms with Crippen LogP contribution in [0.4, 0.5) is 5.69 Å². The van der Waals surface area contributed by atoms with Crippen LogP contribution in [0.2, 0.25) is 0 Å². The van der Waals surface area contributed by atoms with Crippen molar-refractivity contribution in [1.29, 1.82) is 0 Å². The van der Waals surface area contributed by atoms with Gasteiger partial charge in [-0.25, -0.2) is 14.8 Å². The van der Waals surface area contributed by atoms with Crippen molar-refractivity contribution in [2.45, 2.75) is 6.92 Å². The van der Waals surface area contributed by atoms with Crippen LogP contribution in [0.5, 0.6) is 0 Å². The maximum Gasteiger partial charge on any atom is 0.357 e. The number of nitro benzene ring substituents is 1. The third-order valence-corrected chi connectivity index (χ3v) is 3.41. The minimum Gasteiger partial charge on any atom is -0.461 e. The van der Waals surface area contributed by atoms with E-state index >= 15 is 0 Å². The molecule has 3 rings (SSSR count). The first kappa shape index (κ1) is 15.5. The van der Waals surface area contributed by atoms with Crippen LogP contribution in [0.25, 0.3) is 22.3 Å². The number of rotatable bonds is 4. The molecule has 120 valence electrons. The van der Waals surface area contributed by atoms with Crippen molar-refractivity contribution in [1.82, 2.24) is 9.97 Å². The van der Waals surface area contributed by atoms with Crippen molar-refractivity contribution in [3.63, 3.8) is 0 Å². The number of ether oxygens (including phenoxy) is 1. The number of benzene rings is 2. The molecule has 0 saturated heterocycles. The second kappa shape index (κ2) is 6.41. The molecule has 7 nitrogen and oxygen atoms in total. The van der Waals surface area contributed by atoms with Gasteiger partial charge in [-0.05, 0) is 25.1 Å². The molecule has 0 amide bonds. The van der Waals surface area contributed by atoms with Gasteiger partial charge in [0.1, 0.15) is 0 Å². The highest BCUT2D eigenvalue weighted by molar-refractivity contribution is 6.02. The van der Waals surface area contributed by atoms with Gasteiger partial charge in [-0.15, -0.1) is 0 Å². The molecule has 3 aromatic rings. The molecule has 0 unspecified atom stereocenters. The molecule has 2 aromatic carbocycles. The number of fused-ring (bicyclic) bond motifs is 1. The Morgan fingerprint density at radius 1 is 1.12 bits per heavy atom. The third-order valence-electron chi connectivity index (χ3n) is 3.41. The molecule has 0 radical (unpaired) electrons. The third kappa shape index (κ3) is 2.91. The van der Waals surface area contributed by atoms with E-state index in [9.17, 15) is 14.9 Å². The number of hydrogen-bond acceptors (Lipinski definition) is 6. The SMILES string of the molecule is CCOC(=O)c1nc(-c2ccc([N+](=O)[O-])cc2)nc2ccccc12. The van der Waals surface area contributed by atoms with Crippen molar-refractivity contribution >= 4 is 22.6 Å². The highest BCUT2D eigenvalue weighted by Crippen LogP contribution is 2.24. The van der Waals surface area contributed by atoms with Crippen molar-refractivity contribution in [2.24, 2.45) is 0 Å². The Labute approximate surface area is 137 Å². The molecule has 0 atom stereocenters. The number of carbonyl (C=O) groups is 1. The van der Waals surface area contributed by atoms with E-state index in [0.717, 1.165) is 0 Å². The molecule has 0 saturated carbocycles. The number of nitro groups is 1. The zero-order valence-corrected chi connectivity index (χ0v) is 12.8. The molecule has 0 aliphatic heterocycles. The van der Waals surface area contributed by atoms with Gasteiger partial charge >= 0.3 is 5.97 Å². The quantitative estimate of drug-likeness (QED) is 0.415. The molecule has 0 aliphatic rings. The van der Waals surface area contributed by atoms with Gasteiger partial charge in [-0.2, -0.15) is 0 Å². The summed E-state index contributed by atoms with van der Waals surface area (Å²) in [5.41, 5.74) is 1.33. The van der Waals surface area contributed by atoms with E-state index in [1.54, 1.807) is 37.3 Å². The van der Waals surface area contributed by atoms with Gasteiger partial charge in [0, 0.05) is 23.1 Å². The topological polar surface area (TPSA) is 95.2 Å². The fraction of sp³-hybridized carbons (Fsp3) is 0.118. The Hall–Kier alpha value is -3.35. The minimum atomic E-state index is -0.528. The van der Waals surface area contributed by atoms with Crippen LogP contribution >= 0.6 is 0 Å². The Morgan fingerprint density at radius 3 is 2.50 bits per heavy atom. The Balaban J connectivity index is 2.14. The monoisotopic (exact) mass is 323 g/mol. The lowest BCUT2D eigenvalue weighted by molar-refractivity contribution is -0.384. The van der Waals surface area contributed by atoms with Gasteiger partial charge in [0.05, 0.1) is 17.0 Å². The standard InChI is InChI=1S/C17H13N3O4/c1-2-24-17(21)15-13-5-3-4-6-14(13)18-16(19-15)11-7-9-12(10-8-11)20(22)23/h3-10H,2H2,1H3. The Kier molecular flexibility index (Phi) is 4.15. The summed E-state index contributed by atoms with van der Waals surface area (Å²) < 4.78 is 5.06. The maximum atomic E-state index is 12.2. The van der Waals surface area contributed by atoms with E-state index in [0.29, 0.717) is 22.3 Å². The predicted octanol–water partition coefficient (Wildman–Crippen LogP) is 3.38. The summed E-state index contributed by atoms with van der Waals surface area (Å²) in [7, 11) is 0. The fourth-order valence-corrected chi connectivity index (χ4v) is 2.29. The molecule has 1 aromatic heterocycles. The molecule has 0 bridgehead atoms. The summed E-state index contributed by atoms with van der Waals surface area (Å²) in [5, 5.41) is 11.4. The van der Waals surface area contributed by atoms with Crippen molar-refractivity contribution in [3.05, 3.63) is 64.3 Å². The molecule has 0 N–H and O–H groups in total. The van der Waals surface area contributed by atoms with Crippen LogP contribution in [0.15, 0.2) is 48.5 Å². The maximum absolute atomic E-state index is 12.2. The first-order chi connectivity index (χ1) is 11.6. The lowest BCUT2D eigenvalue weighted by Gasteiger charge is -2.08.